The minimum atomic E-state index is -0.347. The molecule has 0 spiro atoms. The lowest BCUT2D eigenvalue weighted by atomic mass is 10.2. The molecular weight excluding hydrogens is 228 g/mol. The second kappa shape index (κ2) is 5.31. The molecule has 1 amide bonds. The molecule has 2 aromatic rings. The van der Waals surface area contributed by atoms with Gasteiger partial charge in [0.2, 0.25) is 0 Å². The van der Waals surface area contributed by atoms with E-state index in [0.717, 1.165) is 5.56 Å². The third kappa shape index (κ3) is 2.66. The quantitative estimate of drug-likeness (QED) is 0.882. The molecule has 0 aliphatic rings. The molecule has 0 bridgehead atoms. The van der Waals surface area contributed by atoms with Crippen molar-refractivity contribution in [1.82, 2.24) is 9.88 Å². The molecule has 0 unspecified atom stereocenters. The van der Waals surface area contributed by atoms with Crippen molar-refractivity contribution in [3.8, 4) is 0 Å². The van der Waals surface area contributed by atoms with Gasteiger partial charge >= 0.3 is 0 Å². The Morgan fingerprint density at radius 1 is 1.17 bits per heavy atom. The highest BCUT2D eigenvalue weighted by molar-refractivity contribution is 5.93. The Morgan fingerprint density at radius 3 is 2.61 bits per heavy atom. The molecule has 0 saturated carbocycles. The van der Waals surface area contributed by atoms with E-state index in [1.165, 1.54) is 10.6 Å². The second-order valence-electron chi connectivity index (χ2n) is 4.01. The number of hydrogen-bond acceptors (Lipinski definition) is 2. The predicted octanol–water partition coefficient (Wildman–Crippen LogP) is 1.32. The normalized spacial score (nSPS) is 10.1. The molecular formula is C14H14N2O2. The number of aryl methyl sites for hydroxylation is 1. The van der Waals surface area contributed by atoms with Crippen LogP contribution in [-0.2, 0) is 13.6 Å². The van der Waals surface area contributed by atoms with Gasteiger partial charge in [-0.3, -0.25) is 9.59 Å². The fourth-order valence-electron chi connectivity index (χ4n) is 1.64. The molecule has 92 valence electrons. The Morgan fingerprint density at radius 2 is 1.89 bits per heavy atom. The number of carbonyl (C=O) groups excluding carboxylic acids is 1. The monoisotopic (exact) mass is 242 g/mol. The third-order valence-electron chi connectivity index (χ3n) is 2.66. The van der Waals surface area contributed by atoms with E-state index in [1.807, 2.05) is 30.3 Å². The van der Waals surface area contributed by atoms with E-state index in [4.69, 9.17) is 0 Å². The van der Waals surface area contributed by atoms with Crippen molar-refractivity contribution in [1.29, 1.82) is 0 Å². The number of hydrogen-bond donors (Lipinski definition) is 1. The highest BCUT2D eigenvalue weighted by Gasteiger charge is 2.10. The van der Waals surface area contributed by atoms with E-state index in [-0.39, 0.29) is 17.0 Å². The average Bonchev–Trinajstić information content (AvgIpc) is 2.40. The van der Waals surface area contributed by atoms with Crippen LogP contribution in [0.5, 0.6) is 0 Å². The van der Waals surface area contributed by atoms with Crippen LogP contribution in [0.3, 0.4) is 0 Å². The predicted molar refractivity (Wildman–Crippen MR) is 69.3 cm³/mol. The maximum absolute atomic E-state index is 11.9. The molecule has 4 nitrogen and oxygen atoms in total. The first-order valence-corrected chi connectivity index (χ1v) is 5.66. The van der Waals surface area contributed by atoms with Crippen molar-refractivity contribution in [3.05, 3.63) is 70.1 Å². The van der Waals surface area contributed by atoms with Crippen LogP contribution in [0.25, 0.3) is 0 Å². The number of amides is 1. The van der Waals surface area contributed by atoms with E-state index in [1.54, 1.807) is 19.3 Å². The molecule has 0 aliphatic heterocycles. The van der Waals surface area contributed by atoms with Gasteiger partial charge in [-0.2, -0.15) is 0 Å². The number of benzene rings is 1. The van der Waals surface area contributed by atoms with E-state index in [9.17, 15) is 9.59 Å². The van der Waals surface area contributed by atoms with Crippen molar-refractivity contribution < 1.29 is 4.79 Å². The van der Waals surface area contributed by atoms with Gasteiger partial charge < -0.3 is 9.88 Å². The molecule has 18 heavy (non-hydrogen) atoms. The Balaban J connectivity index is 2.09. The zero-order valence-corrected chi connectivity index (χ0v) is 10.1. The molecule has 1 aromatic carbocycles. The van der Waals surface area contributed by atoms with Crippen LogP contribution in [0.4, 0.5) is 0 Å². The minimum Gasteiger partial charge on any atom is -0.348 e. The lowest BCUT2D eigenvalue weighted by molar-refractivity contribution is 0.0949. The fraction of sp³-hybridized carbons (Fsp3) is 0.143. The summed E-state index contributed by atoms with van der Waals surface area (Å²) in [4.78, 5) is 23.6. The number of nitrogens with one attached hydrogen (secondary N) is 1. The lowest BCUT2D eigenvalue weighted by Gasteiger charge is -2.05. The summed E-state index contributed by atoms with van der Waals surface area (Å²) in [5.74, 6) is -0.347. The van der Waals surface area contributed by atoms with Crippen molar-refractivity contribution >= 4 is 5.91 Å². The van der Waals surface area contributed by atoms with E-state index >= 15 is 0 Å². The number of rotatable bonds is 3. The standard InChI is InChI=1S/C14H14N2O2/c1-16-9-5-8-12(14(16)18)13(17)15-10-11-6-3-2-4-7-11/h2-9H,10H2,1H3,(H,15,17). The van der Waals surface area contributed by atoms with Gasteiger partial charge in [-0.15, -0.1) is 0 Å². The first-order chi connectivity index (χ1) is 8.68. The maximum atomic E-state index is 11.9. The molecule has 4 heteroatoms. The van der Waals surface area contributed by atoms with Gasteiger partial charge in [0.1, 0.15) is 5.56 Å². The SMILES string of the molecule is Cn1cccc(C(=O)NCc2ccccc2)c1=O. The summed E-state index contributed by atoms with van der Waals surface area (Å²) in [6.07, 6.45) is 1.62. The molecule has 0 fully saturated rings. The number of aromatic nitrogens is 1. The Kier molecular flexibility index (Phi) is 3.57. The van der Waals surface area contributed by atoms with Crippen LogP contribution in [0.15, 0.2) is 53.5 Å². The summed E-state index contributed by atoms with van der Waals surface area (Å²) < 4.78 is 1.39. The Bertz CT molecular complexity index is 603. The highest BCUT2D eigenvalue weighted by Crippen LogP contribution is 1.98. The molecule has 1 N–H and O–H groups in total. The highest BCUT2D eigenvalue weighted by atomic mass is 16.2. The summed E-state index contributed by atoms with van der Waals surface area (Å²) >= 11 is 0. The molecule has 0 aliphatic carbocycles. The van der Waals surface area contributed by atoms with Crippen molar-refractivity contribution in [2.45, 2.75) is 6.54 Å². The van der Waals surface area contributed by atoms with Gasteiger partial charge in [0, 0.05) is 19.8 Å². The fourth-order valence-corrected chi connectivity index (χ4v) is 1.64. The molecule has 0 radical (unpaired) electrons. The van der Waals surface area contributed by atoms with E-state index < -0.39 is 0 Å². The van der Waals surface area contributed by atoms with Crippen molar-refractivity contribution in [2.24, 2.45) is 7.05 Å². The van der Waals surface area contributed by atoms with Crippen LogP contribution in [0.2, 0.25) is 0 Å². The Hall–Kier alpha value is -2.36. The van der Waals surface area contributed by atoms with Crippen molar-refractivity contribution in [2.75, 3.05) is 0 Å². The van der Waals surface area contributed by atoms with Crippen LogP contribution in [-0.4, -0.2) is 10.5 Å². The van der Waals surface area contributed by atoms with E-state index in [2.05, 4.69) is 5.32 Å². The van der Waals surface area contributed by atoms with Crippen LogP contribution in [0.1, 0.15) is 15.9 Å². The van der Waals surface area contributed by atoms with E-state index in [0.29, 0.717) is 6.54 Å². The molecule has 0 saturated heterocycles. The smallest absolute Gasteiger partial charge is 0.263 e. The average molecular weight is 242 g/mol. The van der Waals surface area contributed by atoms with Gasteiger partial charge in [-0.1, -0.05) is 30.3 Å². The molecule has 1 heterocycles. The van der Waals surface area contributed by atoms with Gasteiger partial charge in [-0.25, -0.2) is 0 Å². The minimum absolute atomic E-state index is 0.163. The lowest BCUT2D eigenvalue weighted by Crippen LogP contribution is -2.31. The first kappa shape index (κ1) is 12.1. The topological polar surface area (TPSA) is 51.1 Å². The number of carbonyl (C=O) groups is 1. The maximum Gasteiger partial charge on any atom is 0.263 e. The zero-order chi connectivity index (χ0) is 13.0. The van der Waals surface area contributed by atoms with Gasteiger partial charge in [-0.05, 0) is 17.7 Å². The van der Waals surface area contributed by atoms with Crippen LogP contribution < -0.4 is 10.9 Å². The molecule has 2 rings (SSSR count). The molecule has 1 aromatic heterocycles. The van der Waals surface area contributed by atoms with Crippen molar-refractivity contribution in [3.63, 3.8) is 0 Å². The summed E-state index contributed by atoms with van der Waals surface area (Å²) in [6.45, 7) is 0.414. The summed E-state index contributed by atoms with van der Waals surface area (Å²) in [6, 6.07) is 12.8. The summed E-state index contributed by atoms with van der Waals surface area (Å²) in [5, 5.41) is 2.73. The largest absolute Gasteiger partial charge is 0.348 e. The summed E-state index contributed by atoms with van der Waals surface area (Å²) in [5.41, 5.74) is 0.873. The number of pyridine rings is 1. The molecule has 0 atom stereocenters. The van der Waals surface area contributed by atoms with Gasteiger partial charge in [0.05, 0.1) is 0 Å². The van der Waals surface area contributed by atoms with Gasteiger partial charge in [0.15, 0.2) is 0 Å². The van der Waals surface area contributed by atoms with Crippen LogP contribution in [0, 0.1) is 0 Å². The number of nitrogens with zero attached hydrogens (tertiary/aromatic N) is 1. The van der Waals surface area contributed by atoms with Crippen LogP contribution >= 0.6 is 0 Å². The summed E-state index contributed by atoms with van der Waals surface area (Å²) in [7, 11) is 1.62. The Labute approximate surface area is 105 Å². The third-order valence-corrected chi connectivity index (χ3v) is 2.66. The first-order valence-electron chi connectivity index (χ1n) is 5.66. The zero-order valence-electron chi connectivity index (χ0n) is 10.1. The van der Waals surface area contributed by atoms with Gasteiger partial charge in [0.25, 0.3) is 11.5 Å². The second-order valence-corrected chi connectivity index (χ2v) is 4.01.